The van der Waals surface area contributed by atoms with Gasteiger partial charge in [0.25, 0.3) is 0 Å². The predicted octanol–water partition coefficient (Wildman–Crippen LogP) is 2.57. The lowest BCUT2D eigenvalue weighted by molar-refractivity contribution is -0.151. The van der Waals surface area contributed by atoms with E-state index in [1.807, 2.05) is 13.8 Å². The Morgan fingerprint density at radius 3 is 2.48 bits per heavy atom. The highest BCUT2D eigenvalue weighted by atomic mass is 16.5. The Morgan fingerprint density at radius 2 is 1.95 bits per heavy atom. The third-order valence-corrected chi connectivity index (χ3v) is 4.97. The van der Waals surface area contributed by atoms with Crippen molar-refractivity contribution in [2.24, 2.45) is 5.92 Å². The molecule has 4 nitrogen and oxygen atoms in total. The second-order valence-electron chi connectivity index (χ2n) is 7.24. The molecule has 0 amide bonds. The number of carbonyl (C=O) groups is 1. The van der Waals surface area contributed by atoms with Gasteiger partial charge in [0.05, 0.1) is 6.61 Å². The maximum absolute atomic E-state index is 12.4. The van der Waals surface area contributed by atoms with Crippen molar-refractivity contribution in [3.8, 4) is 0 Å². The van der Waals surface area contributed by atoms with Gasteiger partial charge < -0.3 is 9.64 Å². The molecule has 2 aliphatic rings. The zero-order valence-electron chi connectivity index (χ0n) is 14.2. The number of rotatable bonds is 7. The van der Waals surface area contributed by atoms with Crippen LogP contribution in [0, 0.1) is 5.92 Å². The number of hydrogen-bond donors (Lipinski definition) is 1. The Bertz CT molecular complexity index is 349. The first kappa shape index (κ1) is 16.8. The minimum atomic E-state index is -0.542. The van der Waals surface area contributed by atoms with Crippen LogP contribution in [-0.4, -0.2) is 48.2 Å². The van der Waals surface area contributed by atoms with E-state index in [4.69, 9.17) is 4.74 Å². The first-order valence-corrected chi connectivity index (χ1v) is 8.63. The number of esters is 1. The summed E-state index contributed by atoms with van der Waals surface area (Å²) in [5, 5.41) is 3.53. The number of nitrogens with zero attached hydrogens (tertiary/aromatic N) is 1. The molecular formula is C17H32N2O2. The third kappa shape index (κ3) is 4.68. The van der Waals surface area contributed by atoms with Crippen molar-refractivity contribution in [1.82, 2.24) is 10.2 Å². The molecule has 0 bridgehead atoms. The lowest BCUT2D eigenvalue weighted by Gasteiger charge is -2.39. The fraction of sp³-hybridized carbons (Fsp3) is 0.941. The van der Waals surface area contributed by atoms with Crippen molar-refractivity contribution in [2.75, 3.05) is 19.7 Å². The van der Waals surface area contributed by atoms with Crippen LogP contribution < -0.4 is 5.32 Å². The molecule has 0 radical (unpaired) electrons. The van der Waals surface area contributed by atoms with Gasteiger partial charge in [-0.25, -0.2) is 0 Å². The SMILES string of the molecule is CCOC(=O)C(C)(CC(C)N1CCC(C)CC1)NC1CC1. The predicted molar refractivity (Wildman–Crippen MR) is 85.2 cm³/mol. The average molecular weight is 296 g/mol. The molecule has 2 unspecified atom stereocenters. The zero-order valence-corrected chi connectivity index (χ0v) is 14.2. The number of ether oxygens (including phenoxy) is 1. The monoisotopic (exact) mass is 296 g/mol. The molecule has 1 aliphatic carbocycles. The van der Waals surface area contributed by atoms with Crippen molar-refractivity contribution in [3.63, 3.8) is 0 Å². The number of likely N-dealkylation sites (tertiary alicyclic amines) is 1. The van der Waals surface area contributed by atoms with Crippen LogP contribution in [-0.2, 0) is 9.53 Å². The molecule has 1 saturated heterocycles. The number of nitrogens with one attached hydrogen (secondary N) is 1. The van der Waals surface area contributed by atoms with E-state index in [-0.39, 0.29) is 5.97 Å². The quantitative estimate of drug-likeness (QED) is 0.733. The maximum atomic E-state index is 12.4. The number of piperidine rings is 1. The van der Waals surface area contributed by atoms with Crippen molar-refractivity contribution in [2.45, 2.75) is 77.4 Å². The molecule has 1 saturated carbocycles. The van der Waals surface area contributed by atoms with Gasteiger partial charge in [0.1, 0.15) is 5.54 Å². The van der Waals surface area contributed by atoms with Crippen LogP contribution in [0.25, 0.3) is 0 Å². The molecule has 122 valence electrons. The summed E-state index contributed by atoms with van der Waals surface area (Å²) >= 11 is 0. The Labute approximate surface area is 129 Å². The standard InChI is InChI=1S/C17H32N2O2/c1-5-21-16(20)17(4,18-15-6-7-15)12-14(3)19-10-8-13(2)9-11-19/h13-15,18H,5-12H2,1-4H3. The van der Waals surface area contributed by atoms with Crippen LogP contribution >= 0.6 is 0 Å². The summed E-state index contributed by atoms with van der Waals surface area (Å²) < 4.78 is 5.32. The topological polar surface area (TPSA) is 41.6 Å². The van der Waals surface area contributed by atoms with E-state index in [0.717, 1.165) is 25.4 Å². The first-order chi connectivity index (χ1) is 9.94. The summed E-state index contributed by atoms with van der Waals surface area (Å²) in [5.74, 6) is 0.753. The summed E-state index contributed by atoms with van der Waals surface area (Å²) in [5.41, 5.74) is -0.542. The van der Waals surface area contributed by atoms with E-state index in [2.05, 4.69) is 24.1 Å². The fourth-order valence-corrected chi connectivity index (χ4v) is 3.36. The Kier molecular flexibility index (Phi) is 5.67. The highest BCUT2D eigenvalue weighted by molar-refractivity contribution is 5.80. The summed E-state index contributed by atoms with van der Waals surface area (Å²) in [6.07, 6.45) is 5.75. The van der Waals surface area contributed by atoms with Gasteiger partial charge in [-0.3, -0.25) is 10.1 Å². The average Bonchev–Trinajstić information content (AvgIpc) is 3.23. The third-order valence-electron chi connectivity index (χ3n) is 4.97. The summed E-state index contributed by atoms with van der Waals surface area (Å²) in [4.78, 5) is 14.9. The summed E-state index contributed by atoms with van der Waals surface area (Å²) in [6.45, 7) is 11.3. The molecule has 21 heavy (non-hydrogen) atoms. The minimum absolute atomic E-state index is 0.0888. The first-order valence-electron chi connectivity index (χ1n) is 8.63. The van der Waals surface area contributed by atoms with Gasteiger partial charge in [-0.15, -0.1) is 0 Å². The van der Waals surface area contributed by atoms with Crippen LogP contribution in [0.2, 0.25) is 0 Å². The molecule has 1 heterocycles. The van der Waals surface area contributed by atoms with Gasteiger partial charge in [0, 0.05) is 12.1 Å². The van der Waals surface area contributed by atoms with Gasteiger partial charge in [0.15, 0.2) is 0 Å². The van der Waals surface area contributed by atoms with E-state index in [9.17, 15) is 4.79 Å². The number of carbonyl (C=O) groups excluding carboxylic acids is 1. The van der Waals surface area contributed by atoms with Crippen molar-refractivity contribution in [3.05, 3.63) is 0 Å². The zero-order chi connectivity index (χ0) is 15.5. The highest BCUT2D eigenvalue weighted by Crippen LogP contribution is 2.28. The van der Waals surface area contributed by atoms with Crippen molar-refractivity contribution < 1.29 is 9.53 Å². The van der Waals surface area contributed by atoms with E-state index >= 15 is 0 Å². The lowest BCUT2D eigenvalue weighted by Crippen LogP contribution is -2.55. The molecular weight excluding hydrogens is 264 g/mol. The van der Waals surface area contributed by atoms with Gasteiger partial charge >= 0.3 is 5.97 Å². The summed E-state index contributed by atoms with van der Waals surface area (Å²) in [6, 6.07) is 0.922. The van der Waals surface area contributed by atoms with E-state index < -0.39 is 5.54 Å². The smallest absolute Gasteiger partial charge is 0.326 e. The fourth-order valence-electron chi connectivity index (χ4n) is 3.36. The van der Waals surface area contributed by atoms with Crippen LogP contribution in [0.3, 0.4) is 0 Å². The molecule has 0 aromatic rings. The van der Waals surface area contributed by atoms with E-state index in [1.54, 1.807) is 0 Å². The molecule has 1 N–H and O–H groups in total. The highest BCUT2D eigenvalue weighted by Gasteiger charge is 2.41. The molecule has 2 fully saturated rings. The molecule has 4 heteroatoms. The van der Waals surface area contributed by atoms with Gasteiger partial charge in [-0.1, -0.05) is 6.92 Å². The van der Waals surface area contributed by atoms with Crippen LogP contribution in [0.1, 0.15) is 59.8 Å². The molecule has 1 aliphatic heterocycles. The van der Waals surface area contributed by atoms with Crippen molar-refractivity contribution >= 4 is 5.97 Å². The van der Waals surface area contributed by atoms with Gasteiger partial charge in [-0.05, 0) is 71.9 Å². The van der Waals surface area contributed by atoms with Gasteiger partial charge in [-0.2, -0.15) is 0 Å². The van der Waals surface area contributed by atoms with Crippen molar-refractivity contribution in [1.29, 1.82) is 0 Å². The number of hydrogen-bond acceptors (Lipinski definition) is 4. The largest absolute Gasteiger partial charge is 0.465 e. The van der Waals surface area contributed by atoms with Gasteiger partial charge in [0.2, 0.25) is 0 Å². The molecule has 2 atom stereocenters. The van der Waals surface area contributed by atoms with Crippen LogP contribution in [0.5, 0.6) is 0 Å². The second kappa shape index (κ2) is 7.10. The molecule has 0 spiro atoms. The Hall–Kier alpha value is -0.610. The van der Waals surface area contributed by atoms with Crippen LogP contribution in [0.15, 0.2) is 0 Å². The van der Waals surface area contributed by atoms with Crippen LogP contribution in [0.4, 0.5) is 0 Å². The molecule has 0 aromatic heterocycles. The maximum Gasteiger partial charge on any atom is 0.326 e. The van der Waals surface area contributed by atoms with E-state index in [0.29, 0.717) is 18.7 Å². The summed E-state index contributed by atoms with van der Waals surface area (Å²) in [7, 11) is 0. The molecule has 0 aromatic carbocycles. The van der Waals surface area contributed by atoms with E-state index in [1.165, 1.54) is 25.7 Å². The molecule has 2 rings (SSSR count). The Morgan fingerprint density at radius 1 is 1.33 bits per heavy atom. The minimum Gasteiger partial charge on any atom is -0.465 e. The second-order valence-corrected chi connectivity index (χ2v) is 7.24. The Balaban J connectivity index is 1.94. The normalized spacial score (nSPS) is 25.3. The lowest BCUT2D eigenvalue weighted by atomic mass is 9.90.